The fourth-order valence-corrected chi connectivity index (χ4v) is 2.60. The van der Waals surface area contributed by atoms with Crippen molar-refractivity contribution in [3.8, 4) is 6.07 Å². The molecule has 0 aliphatic carbocycles. The van der Waals surface area contributed by atoms with E-state index in [-0.39, 0.29) is 23.4 Å². The molecule has 2 rings (SSSR count). The summed E-state index contributed by atoms with van der Waals surface area (Å²) in [5, 5.41) is 15.2. The number of carbonyl (C=O) groups is 2. The van der Waals surface area contributed by atoms with Gasteiger partial charge in [0, 0.05) is 6.20 Å². The number of anilines is 2. The molecule has 0 saturated carbocycles. The SMILES string of the molecule is CCOC(=O)c1ccccc1NC(=O)/C(C#N)=C\Nc1c(Cl)cccc1Cl. The topological polar surface area (TPSA) is 91.2 Å². The third-order valence-electron chi connectivity index (χ3n) is 3.36. The number of hydrogen-bond acceptors (Lipinski definition) is 5. The second-order valence-electron chi connectivity index (χ2n) is 5.13. The van der Waals surface area contributed by atoms with Crippen LogP contribution < -0.4 is 10.6 Å². The van der Waals surface area contributed by atoms with Crippen LogP contribution in [0.4, 0.5) is 11.4 Å². The van der Waals surface area contributed by atoms with Gasteiger partial charge in [-0.25, -0.2) is 4.79 Å². The zero-order valence-corrected chi connectivity index (χ0v) is 15.8. The number of benzene rings is 2. The number of hydrogen-bond donors (Lipinski definition) is 2. The summed E-state index contributed by atoms with van der Waals surface area (Å²) in [6, 6.07) is 13.0. The van der Waals surface area contributed by atoms with E-state index in [1.165, 1.54) is 18.3 Å². The smallest absolute Gasteiger partial charge is 0.340 e. The molecule has 0 heterocycles. The minimum absolute atomic E-state index is 0.187. The van der Waals surface area contributed by atoms with E-state index in [9.17, 15) is 14.9 Å². The van der Waals surface area contributed by atoms with Gasteiger partial charge < -0.3 is 15.4 Å². The third kappa shape index (κ3) is 5.23. The van der Waals surface area contributed by atoms with Gasteiger partial charge in [0.2, 0.25) is 0 Å². The van der Waals surface area contributed by atoms with E-state index in [1.54, 1.807) is 43.3 Å². The van der Waals surface area contributed by atoms with Gasteiger partial charge in [0.25, 0.3) is 5.91 Å². The van der Waals surface area contributed by atoms with Crippen LogP contribution in [-0.4, -0.2) is 18.5 Å². The molecule has 2 aromatic rings. The minimum atomic E-state index is -0.704. The van der Waals surface area contributed by atoms with Gasteiger partial charge >= 0.3 is 5.97 Å². The van der Waals surface area contributed by atoms with Gasteiger partial charge in [-0.05, 0) is 31.2 Å². The Kier molecular flexibility index (Phi) is 7.24. The summed E-state index contributed by atoms with van der Waals surface area (Å²) in [4.78, 5) is 24.4. The van der Waals surface area contributed by atoms with Gasteiger partial charge in [0.05, 0.1) is 33.6 Å². The lowest BCUT2D eigenvalue weighted by Gasteiger charge is -2.10. The molecular weight excluding hydrogens is 389 g/mol. The largest absolute Gasteiger partial charge is 0.462 e. The molecule has 6 nitrogen and oxygen atoms in total. The van der Waals surface area contributed by atoms with Crippen molar-refractivity contribution < 1.29 is 14.3 Å². The molecule has 0 radical (unpaired) electrons. The quantitative estimate of drug-likeness (QED) is 0.416. The minimum Gasteiger partial charge on any atom is -0.462 e. The molecule has 0 saturated heterocycles. The second-order valence-corrected chi connectivity index (χ2v) is 5.95. The number of nitrogens with zero attached hydrogens (tertiary/aromatic N) is 1. The molecule has 0 fully saturated rings. The first-order chi connectivity index (χ1) is 13.0. The van der Waals surface area contributed by atoms with E-state index in [0.717, 1.165) is 0 Å². The molecule has 8 heteroatoms. The van der Waals surface area contributed by atoms with Crippen molar-refractivity contribution in [2.45, 2.75) is 6.92 Å². The molecule has 2 N–H and O–H groups in total. The summed E-state index contributed by atoms with van der Waals surface area (Å²) in [5.74, 6) is -1.28. The summed E-state index contributed by atoms with van der Waals surface area (Å²) < 4.78 is 4.96. The van der Waals surface area contributed by atoms with Crippen LogP contribution in [-0.2, 0) is 9.53 Å². The number of nitrogens with one attached hydrogen (secondary N) is 2. The lowest BCUT2D eigenvalue weighted by molar-refractivity contribution is -0.112. The molecule has 0 aliphatic heterocycles. The van der Waals surface area contributed by atoms with E-state index in [2.05, 4.69) is 10.6 Å². The Bertz CT molecular complexity index is 916. The van der Waals surface area contributed by atoms with E-state index >= 15 is 0 Å². The molecule has 27 heavy (non-hydrogen) atoms. The lowest BCUT2D eigenvalue weighted by Crippen LogP contribution is -2.17. The van der Waals surface area contributed by atoms with Crippen LogP contribution in [0.25, 0.3) is 0 Å². The van der Waals surface area contributed by atoms with Crippen LogP contribution in [0.3, 0.4) is 0 Å². The van der Waals surface area contributed by atoms with E-state index in [0.29, 0.717) is 15.7 Å². The number of nitriles is 1. The molecule has 2 aromatic carbocycles. The zero-order valence-electron chi connectivity index (χ0n) is 14.3. The van der Waals surface area contributed by atoms with E-state index < -0.39 is 11.9 Å². The van der Waals surface area contributed by atoms with Crippen molar-refractivity contribution in [1.29, 1.82) is 5.26 Å². The molecule has 138 valence electrons. The summed E-state index contributed by atoms with van der Waals surface area (Å²) in [6.07, 6.45) is 1.19. The Labute approximate surface area is 166 Å². The van der Waals surface area contributed by atoms with Gasteiger partial charge in [0.15, 0.2) is 0 Å². The predicted octanol–water partition coefficient (Wildman–Crippen LogP) is 4.63. The second kappa shape index (κ2) is 9.62. The van der Waals surface area contributed by atoms with Crippen LogP contribution in [0.1, 0.15) is 17.3 Å². The normalized spacial score (nSPS) is 10.7. The van der Waals surface area contributed by atoms with Gasteiger partial charge in [-0.15, -0.1) is 0 Å². The van der Waals surface area contributed by atoms with Gasteiger partial charge in [-0.2, -0.15) is 5.26 Å². The summed E-state index contributed by atoms with van der Waals surface area (Å²) >= 11 is 12.1. The molecule has 0 aromatic heterocycles. The summed E-state index contributed by atoms with van der Waals surface area (Å²) in [5.41, 5.74) is 0.558. The molecule has 0 unspecified atom stereocenters. The monoisotopic (exact) mass is 403 g/mol. The first-order valence-corrected chi connectivity index (χ1v) is 8.61. The van der Waals surface area contributed by atoms with Crippen LogP contribution in [0.2, 0.25) is 10.0 Å². The summed E-state index contributed by atoms with van der Waals surface area (Å²) in [7, 11) is 0. The van der Waals surface area contributed by atoms with Gasteiger partial charge in [0.1, 0.15) is 11.6 Å². The Hall–Kier alpha value is -3.01. The Morgan fingerprint density at radius 1 is 1.15 bits per heavy atom. The summed E-state index contributed by atoms with van der Waals surface area (Å²) in [6.45, 7) is 1.88. The highest BCUT2D eigenvalue weighted by Crippen LogP contribution is 2.30. The highest BCUT2D eigenvalue weighted by molar-refractivity contribution is 6.39. The highest BCUT2D eigenvalue weighted by Gasteiger charge is 2.16. The molecule has 1 amide bonds. The van der Waals surface area contributed by atoms with E-state index in [4.69, 9.17) is 27.9 Å². The van der Waals surface area contributed by atoms with Crippen LogP contribution >= 0.6 is 23.2 Å². The Balaban J connectivity index is 2.21. The maximum absolute atomic E-state index is 12.4. The Morgan fingerprint density at radius 2 is 1.81 bits per heavy atom. The Morgan fingerprint density at radius 3 is 2.44 bits per heavy atom. The van der Waals surface area contributed by atoms with Crippen LogP contribution in [0.5, 0.6) is 0 Å². The van der Waals surface area contributed by atoms with Crippen molar-refractivity contribution in [1.82, 2.24) is 0 Å². The number of ether oxygens (including phenoxy) is 1. The number of amides is 1. The van der Waals surface area contributed by atoms with Crippen LogP contribution in [0.15, 0.2) is 54.2 Å². The number of halogens is 2. The lowest BCUT2D eigenvalue weighted by atomic mass is 10.1. The molecular formula is C19H15Cl2N3O3. The van der Waals surface area contributed by atoms with Gasteiger partial charge in [-0.3, -0.25) is 4.79 Å². The predicted molar refractivity (Wildman–Crippen MR) is 105 cm³/mol. The maximum atomic E-state index is 12.4. The van der Waals surface area contributed by atoms with Crippen molar-refractivity contribution in [2.75, 3.05) is 17.2 Å². The zero-order chi connectivity index (χ0) is 19.8. The average molecular weight is 404 g/mol. The average Bonchev–Trinajstić information content (AvgIpc) is 2.65. The molecule has 0 bridgehead atoms. The number of carbonyl (C=O) groups excluding carboxylic acids is 2. The van der Waals surface area contributed by atoms with Crippen molar-refractivity contribution in [3.05, 3.63) is 69.8 Å². The number of esters is 1. The molecule has 0 atom stereocenters. The van der Waals surface area contributed by atoms with Crippen molar-refractivity contribution in [2.24, 2.45) is 0 Å². The number of rotatable bonds is 6. The highest BCUT2D eigenvalue weighted by atomic mass is 35.5. The first kappa shape index (κ1) is 20.3. The fourth-order valence-electron chi connectivity index (χ4n) is 2.10. The molecule has 0 aliphatic rings. The first-order valence-electron chi connectivity index (χ1n) is 7.86. The van der Waals surface area contributed by atoms with Gasteiger partial charge in [-0.1, -0.05) is 41.4 Å². The van der Waals surface area contributed by atoms with E-state index in [1.807, 2.05) is 0 Å². The maximum Gasteiger partial charge on any atom is 0.340 e. The van der Waals surface area contributed by atoms with Crippen molar-refractivity contribution >= 4 is 46.5 Å². The van der Waals surface area contributed by atoms with Crippen molar-refractivity contribution in [3.63, 3.8) is 0 Å². The third-order valence-corrected chi connectivity index (χ3v) is 3.99. The standard InChI is InChI=1S/C19H15Cl2N3O3/c1-2-27-19(26)13-6-3-4-9-16(13)24-18(25)12(10-22)11-23-17-14(20)7-5-8-15(17)21/h3-9,11,23H,2H2,1H3,(H,24,25)/b12-11-. The fraction of sp³-hybridized carbons (Fsp3) is 0.105. The van der Waals surface area contributed by atoms with Crippen LogP contribution in [0, 0.1) is 11.3 Å². The number of para-hydroxylation sites is 2. The molecule has 0 spiro atoms.